The van der Waals surface area contributed by atoms with Crippen LogP contribution in [0.15, 0.2) is 23.1 Å². The summed E-state index contributed by atoms with van der Waals surface area (Å²) in [7, 11) is -1.96. The highest BCUT2D eigenvalue weighted by molar-refractivity contribution is 7.89. The van der Waals surface area contributed by atoms with Crippen molar-refractivity contribution in [2.75, 3.05) is 20.2 Å². The van der Waals surface area contributed by atoms with Gasteiger partial charge in [0.1, 0.15) is 0 Å². The molecular formula is C12H16ClNO4S. The van der Waals surface area contributed by atoms with Gasteiger partial charge in [0.05, 0.1) is 17.6 Å². The number of halogens is 1. The summed E-state index contributed by atoms with van der Waals surface area (Å²) >= 11 is 5.93. The molecule has 5 nitrogen and oxygen atoms in total. The number of nitrogens with zero attached hydrogens (tertiary/aromatic N) is 1. The summed E-state index contributed by atoms with van der Waals surface area (Å²) in [5.74, 6) is 0. The third-order valence-corrected chi connectivity index (χ3v) is 5.49. The zero-order valence-electron chi connectivity index (χ0n) is 10.5. The first-order valence-electron chi connectivity index (χ1n) is 5.91. The lowest BCUT2D eigenvalue weighted by Crippen LogP contribution is -2.30. The van der Waals surface area contributed by atoms with Gasteiger partial charge in [0, 0.05) is 25.2 Å². The Morgan fingerprint density at radius 3 is 2.79 bits per heavy atom. The van der Waals surface area contributed by atoms with Crippen LogP contribution in [0.25, 0.3) is 0 Å². The Morgan fingerprint density at radius 1 is 1.53 bits per heavy atom. The Hall–Kier alpha value is -0.660. The lowest BCUT2D eigenvalue weighted by Gasteiger charge is -2.16. The molecule has 106 valence electrons. The van der Waals surface area contributed by atoms with Gasteiger partial charge in [0.2, 0.25) is 10.0 Å². The number of rotatable bonds is 4. The molecule has 1 aromatic rings. The first-order valence-corrected chi connectivity index (χ1v) is 7.73. The highest BCUT2D eigenvalue weighted by atomic mass is 35.5. The van der Waals surface area contributed by atoms with E-state index in [1.54, 1.807) is 7.11 Å². The third-order valence-electron chi connectivity index (χ3n) is 3.27. The Bertz CT molecular complexity index is 561. The minimum absolute atomic E-state index is 0.0537. The molecule has 1 heterocycles. The van der Waals surface area contributed by atoms with Crippen LogP contribution in [0.4, 0.5) is 0 Å². The Balaban J connectivity index is 2.27. The molecule has 7 heteroatoms. The molecule has 0 saturated carbocycles. The van der Waals surface area contributed by atoms with Crippen LogP contribution in [0.1, 0.15) is 12.0 Å². The van der Waals surface area contributed by atoms with Crippen molar-refractivity contribution >= 4 is 21.6 Å². The maximum atomic E-state index is 12.4. The summed E-state index contributed by atoms with van der Waals surface area (Å²) in [4.78, 5) is 0.145. The van der Waals surface area contributed by atoms with Gasteiger partial charge in [0.15, 0.2) is 0 Å². The fourth-order valence-corrected chi connectivity index (χ4v) is 3.89. The van der Waals surface area contributed by atoms with Gasteiger partial charge >= 0.3 is 0 Å². The smallest absolute Gasteiger partial charge is 0.243 e. The quantitative estimate of drug-likeness (QED) is 0.909. The van der Waals surface area contributed by atoms with Gasteiger partial charge in [-0.05, 0) is 24.1 Å². The molecule has 2 rings (SSSR count). The second-order valence-electron chi connectivity index (χ2n) is 4.42. The van der Waals surface area contributed by atoms with Crippen LogP contribution < -0.4 is 0 Å². The summed E-state index contributed by atoms with van der Waals surface area (Å²) in [6.45, 7) is 0.590. The van der Waals surface area contributed by atoms with E-state index in [9.17, 15) is 8.42 Å². The second kappa shape index (κ2) is 5.76. The molecule has 0 amide bonds. The fraction of sp³-hybridized carbons (Fsp3) is 0.500. The summed E-state index contributed by atoms with van der Waals surface area (Å²) in [5.41, 5.74) is 0.511. The molecule has 1 unspecified atom stereocenters. The van der Waals surface area contributed by atoms with E-state index in [1.165, 1.54) is 22.5 Å². The van der Waals surface area contributed by atoms with E-state index in [2.05, 4.69) is 0 Å². The van der Waals surface area contributed by atoms with Crippen molar-refractivity contribution in [3.8, 4) is 0 Å². The molecule has 1 N–H and O–H groups in total. The SMILES string of the molecule is COC1CCN(S(=O)(=O)c2ccc(CO)c(Cl)c2)C1. The molecule has 1 fully saturated rings. The van der Waals surface area contributed by atoms with Gasteiger partial charge in [0.25, 0.3) is 0 Å². The number of aliphatic hydroxyl groups excluding tert-OH is 1. The summed E-state index contributed by atoms with van der Waals surface area (Å²) in [5, 5.41) is 9.29. The lowest BCUT2D eigenvalue weighted by molar-refractivity contribution is 0.115. The van der Waals surface area contributed by atoms with Crippen molar-refractivity contribution in [3.05, 3.63) is 28.8 Å². The maximum Gasteiger partial charge on any atom is 0.243 e. The molecular weight excluding hydrogens is 290 g/mol. The van der Waals surface area contributed by atoms with E-state index in [-0.39, 0.29) is 22.6 Å². The number of hydrogen-bond acceptors (Lipinski definition) is 4. The van der Waals surface area contributed by atoms with Crippen molar-refractivity contribution in [3.63, 3.8) is 0 Å². The van der Waals surface area contributed by atoms with Gasteiger partial charge in [-0.3, -0.25) is 0 Å². The maximum absolute atomic E-state index is 12.4. The monoisotopic (exact) mass is 305 g/mol. The molecule has 0 bridgehead atoms. The number of ether oxygens (including phenoxy) is 1. The lowest BCUT2D eigenvalue weighted by atomic mass is 10.2. The Kier molecular flexibility index (Phi) is 4.47. The average molecular weight is 306 g/mol. The zero-order valence-corrected chi connectivity index (χ0v) is 12.1. The van der Waals surface area contributed by atoms with Gasteiger partial charge in [-0.1, -0.05) is 17.7 Å². The molecule has 1 aliphatic heterocycles. The molecule has 1 atom stereocenters. The van der Waals surface area contributed by atoms with Crippen molar-refractivity contribution in [2.45, 2.75) is 24.0 Å². The molecule has 0 aliphatic carbocycles. The number of benzene rings is 1. The van der Waals surface area contributed by atoms with Crippen LogP contribution in [0, 0.1) is 0 Å². The predicted molar refractivity (Wildman–Crippen MR) is 71.5 cm³/mol. The minimum atomic E-state index is -3.54. The highest BCUT2D eigenvalue weighted by Crippen LogP contribution is 2.26. The van der Waals surface area contributed by atoms with Crippen LogP contribution in [0.2, 0.25) is 5.02 Å². The topological polar surface area (TPSA) is 66.8 Å². The van der Waals surface area contributed by atoms with Crippen LogP contribution in [0.5, 0.6) is 0 Å². The normalized spacial score (nSPS) is 20.9. The van der Waals surface area contributed by atoms with Gasteiger partial charge in [-0.15, -0.1) is 0 Å². The first-order chi connectivity index (χ1) is 8.98. The minimum Gasteiger partial charge on any atom is -0.392 e. The molecule has 0 spiro atoms. The van der Waals surface area contributed by atoms with Crippen LogP contribution in [0.3, 0.4) is 0 Å². The largest absolute Gasteiger partial charge is 0.392 e. The van der Waals surface area contributed by atoms with Gasteiger partial charge < -0.3 is 9.84 Å². The summed E-state index contributed by atoms with van der Waals surface area (Å²) < 4.78 is 31.4. The Labute approximate surface area is 117 Å². The highest BCUT2D eigenvalue weighted by Gasteiger charge is 2.32. The van der Waals surface area contributed by atoms with Crippen molar-refractivity contribution < 1.29 is 18.3 Å². The fourth-order valence-electron chi connectivity index (χ4n) is 2.07. The van der Waals surface area contributed by atoms with Gasteiger partial charge in [-0.2, -0.15) is 4.31 Å². The van der Waals surface area contributed by atoms with E-state index in [0.717, 1.165) is 0 Å². The van der Waals surface area contributed by atoms with Crippen molar-refractivity contribution in [1.29, 1.82) is 0 Å². The van der Waals surface area contributed by atoms with Crippen LogP contribution >= 0.6 is 11.6 Å². The van der Waals surface area contributed by atoms with Crippen molar-refractivity contribution in [2.24, 2.45) is 0 Å². The molecule has 0 aromatic heterocycles. The predicted octanol–water partition coefficient (Wildman–Crippen LogP) is 1.24. The number of sulfonamides is 1. The van der Waals surface area contributed by atoms with E-state index < -0.39 is 10.0 Å². The second-order valence-corrected chi connectivity index (χ2v) is 6.77. The standard InChI is InChI=1S/C12H16ClNO4S/c1-18-10-4-5-14(7-10)19(16,17)11-3-2-9(8-15)12(13)6-11/h2-3,6,10,15H,4-5,7-8H2,1H3. The number of methoxy groups -OCH3 is 1. The molecule has 1 aromatic carbocycles. The molecule has 1 aliphatic rings. The third kappa shape index (κ3) is 2.93. The van der Waals surface area contributed by atoms with E-state index in [0.29, 0.717) is 25.1 Å². The molecule has 0 radical (unpaired) electrons. The van der Waals surface area contributed by atoms with E-state index >= 15 is 0 Å². The number of aliphatic hydroxyl groups is 1. The summed E-state index contributed by atoms with van der Waals surface area (Å²) in [6.07, 6.45) is 0.639. The average Bonchev–Trinajstić information content (AvgIpc) is 2.88. The van der Waals surface area contributed by atoms with Crippen LogP contribution in [-0.2, 0) is 21.4 Å². The summed E-state index contributed by atoms with van der Waals surface area (Å²) in [6, 6.07) is 4.37. The molecule has 19 heavy (non-hydrogen) atoms. The van der Waals surface area contributed by atoms with E-state index in [4.69, 9.17) is 21.4 Å². The zero-order chi connectivity index (χ0) is 14.0. The van der Waals surface area contributed by atoms with Gasteiger partial charge in [-0.25, -0.2) is 8.42 Å². The molecule has 1 saturated heterocycles. The van der Waals surface area contributed by atoms with E-state index in [1.807, 2.05) is 0 Å². The van der Waals surface area contributed by atoms with Crippen molar-refractivity contribution in [1.82, 2.24) is 4.31 Å². The number of hydrogen-bond donors (Lipinski definition) is 1. The first kappa shape index (κ1) is 14.7. The van der Waals surface area contributed by atoms with Crippen LogP contribution in [-0.4, -0.2) is 44.1 Å². The Morgan fingerprint density at radius 2 is 2.26 bits per heavy atom.